The summed E-state index contributed by atoms with van der Waals surface area (Å²) < 4.78 is 11.8. The molecule has 0 saturated heterocycles. The molecule has 0 radical (unpaired) electrons. The normalized spacial score (nSPS) is 13.7. The third-order valence-electron chi connectivity index (χ3n) is 5.26. The van der Waals surface area contributed by atoms with Crippen LogP contribution in [0.5, 0.6) is 11.5 Å². The Balaban J connectivity index is 1.56. The number of aryl methyl sites for hydroxylation is 1. The monoisotopic (exact) mass is 403 g/mol. The van der Waals surface area contributed by atoms with Gasteiger partial charge in [-0.15, -0.1) is 0 Å². The van der Waals surface area contributed by atoms with Crippen molar-refractivity contribution in [3.05, 3.63) is 95.1 Å². The van der Waals surface area contributed by atoms with E-state index in [4.69, 9.17) is 9.47 Å². The average Bonchev–Trinajstić information content (AvgIpc) is 2.78. The Bertz CT molecular complexity index is 970. The van der Waals surface area contributed by atoms with Crippen LogP contribution >= 0.6 is 0 Å². The highest BCUT2D eigenvalue weighted by atomic mass is 16.5. The van der Waals surface area contributed by atoms with Crippen molar-refractivity contribution in [2.24, 2.45) is 0 Å². The number of amides is 1. The predicted octanol–water partition coefficient (Wildman–Crippen LogP) is 4.10. The number of rotatable bonds is 7. The summed E-state index contributed by atoms with van der Waals surface area (Å²) in [6, 6.07) is 23.2. The molecular formula is C25H25NO4. The molecule has 1 atom stereocenters. The highest BCUT2D eigenvalue weighted by molar-refractivity contribution is 5.89. The van der Waals surface area contributed by atoms with Gasteiger partial charge in [0, 0.05) is 17.7 Å². The molecule has 3 aromatic carbocycles. The van der Waals surface area contributed by atoms with E-state index in [2.05, 4.69) is 5.32 Å². The third-order valence-corrected chi connectivity index (χ3v) is 5.26. The first-order chi connectivity index (χ1) is 14.7. The summed E-state index contributed by atoms with van der Waals surface area (Å²) in [5.41, 5.74) is 3.80. The maximum absolute atomic E-state index is 13.3. The molecule has 30 heavy (non-hydrogen) atoms. The van der Waals surface area contributed by atoms with Crippen LogP contribution in [0.2, 0.25) is 0 Å². The molecule has 2 N–H and O–H groups in total. The van der Waals surface area contributed by atoms with Crippen molar-refractivity contribution in [2.45, 2.75) is 18.9 Å². The summed E-state index contributed by atoms with van der Waals surface area (Å²) in [6.45, 7) is 2.47. The first-order valence-electron chi connectivity index (χ1n) is 10.1. The van der Waals surface area contributed by atoms with Gasteiger partial charge in [-0.05, 0) is 24.6 Å². The number of aliphatic hydroxyl groups is 1. The maximum Gasteiger partial charge on any atom is 0.232 e. The summed E-state index contributed by atoms with van der Waals surface area (Å²) >= 11 is 0. The Labute approximate surface area is 176 Å². The highest BCUT2D eigenvalue weighted by Gasteiger charge is 2.32. The van der Waals surface area contributed by atoms with Gasteiger partial charge in [-0.25, -0.2) is 0 Å². The van der Waals surface area contributed by atoms with Crippen molar-refractivity contribution < 1.29 is 19.4 Å². The van der Waals surface area contributed by atoms with Crippen LogP contribution in [-0.4, -0.2) is 30.8 Å². The van der Waals surface area contributed by atoms with Gasteiger partial charge in [-0.3, -0.25) is 4.79 Å². The lowest BCUT2D eigenvalue weighted by Crippen LogP contribution is -2.35. The second-order valence-corrected chi connectivity index (χ2v) is 7.35. The van der Waals surface area contributed by atoms with Gasteiger partial charge in [-0.2, -0.15) is 0 Å². The fourth-order valence-corrected chi connectivity index (χ4v) is 3.74. The van der Waals surface area contributed by atoms with E-state index in [0.29, 0.717) is 18.0 Å². The Hall–Kier alpha value is -3.15. The van der Waals surface area contributed by atoms with E-state index in [9.17, 15) is 9.90 Å². The molecule has 1 aliphatic heterocycles. The lowest BCUT2D eigenvalue weighted by molar-refractivity contribution is -0.122. The van der Waals surface area contributed by atoms with E-state index in [0.717, 1.165) is 22.3 Å². The second kappa shape index (κ2) is 9.11. The fraction of sp³-hybridized carbons (Fsp3) is 0.240. The minimum Gasteiger partial charge on any atom is -0.457 e. The summed E-state index contributed by atoms with van der Waals surface area (Å²) in [4.78, 5) is 13.3. The fourth-order valence-electron chi connectivity index (χ4n) is 3.74. The Morgan fingerprint density at radius 2 is 1.60 bits per heavy atom. The predicted molar refractivity (Wildman–Crippen MR) is 115 cm³/mol. The minimum absolute atomic E-state index is 0.0724. The first kappa shape index (κ1) is 20.1. The van der Waals surface area contributed by atoms with Crippen molar-refractivity contribution in [1.29, 1.82) is 0 Å². The SMILES string of the molecule is Cc1ccc(C(CNC(=O)C2c3ccccc3Oc3ccccc32)OCCO)cc1. The average molecular weight is 403 g/mol. The molecule has 3 aromatic rings. The molecule has 1 unspecified atom stereocenters. The van der Waals surface area contributed by atoms with Crippen LogP contribution in [0, 0.1) is 6.92 Å². The van der Waals surface area contributed by atoms with Crippen molar-refractivity contribution in [1.82, 2.24) is 5.32 Å². The van der Waals surface area contributed by atoms with Crippen molar-refractivity contribution in [2.75, 3.05) is 19.8 Å². The van der Waals surface area contributed by atoms with Crippen LogP contribution in [0.25, 0.3) is 0 Å². The van der Waals surface area contributed by atoms with Crippen LogP contribution in [0.4, 0.5) is 0 Å². The molecule has 0 saturated carbocycles. The van der Waals surface area contributed by atoms with Crippen LogP contribution in [0.1, 0.15) is 34.3 Å². The zero-order valence-electron chi connectivity index (χ0n) is 16.9. The summed E-state index contributed by atoms with van der Waals surface area (Å²) in [6.07, 6.45) is -0.341. The topological polar surface area (TPSA) is 67.8 Å². The lowest BCUT2D eigenvalue weighted by atomic mass is 9.87. The van der Waals surface area contributed by atoms with Gasteiger partial charge >= 0.3 is 0 Å². The zero-order chi connectivity index (χ0) is 20.9. The number of carbonyl (C=O) groups is 1. The number of nitrogens with one attached hydrogen (secondary N) is 1. The molecule has 1 amide bonds. The number of carbonyl (C=O) groups excluding carboxylic acids is 1. The molecule has 0 bridgehead atoms. The number of para-hydroxylation sites is 2. The Morgan fingerprint density at radius 3 is 2.20 bits per heavy atom. The van der Waals surface area contributed by atoms with Crippen LogP contribution < -0.4 is 10.1 Å². The van der Waals surface area contributed by atoms with Gasteiger partial charge < -0.3 is 19.9 Å². The highest BCUT2D eigenvalue weighted by Crippen LogP contribution is 2.43. The number of hydrogen-bond acceptors (Lipinski definition) is 4. The molecule has 154 valence electrons. The van der Waals surface area contributed by atoms with Crippen LogP contribution in [0.3, 0.4) is 0 Å². The minimum atomic E-state index is -0.456. The van der Waals surface area contributed by atoms with Crippen molar-refractivity contribution >= 4 is 5.91 Å². The zero-order valence-corrected chi connectivity index (χ0v) is 16.9. The molecule has 0 fully saturated rings. The van der Waals surface area contributed by atoms with Crippen molar-refractivity contribution in [3.63, 3.8) is 0 Å². The van der Waals surface area contributed by atoms with E-state index in [1.165, 1.54) is 0 Å². The molecule has 5 heteroatoms. The first-order valence-corrected chi connectivity index (χ1v) is 10.1. The smallest absolute Gasteiger partial charge is 0.232 e. The van der Waals surface area contributed by atoms with Crippen LogP contribution in [-0.2, 0) is 9.53 Å². The van der Waals surface area contributed by atoms with Crippen LogP contribution in [0.15, 0.2) is 72.8 Å². The number of benzene rings is 3. The molecule has 4 rings (SSSR count). The van der Waals surface area contributed by atoms with E-state index in [-0.39, 0.29) is 25.2 Å². The van der Waals surface area contributed by atoms with E-state index in [1.54, 1.807) is 0 Å². The molecule has 1 heterocycles. The van der Waals surface area contributed by atoms with E-state index in [1.807, 2.05) is 79.7 Å². The molecule has 1 aliphatic rings. The molecule has 0 aromatic heterocycles. The Kier molecular flexibility index (Phi) is 6.12. The Morgan fingerprint density at radius 1 is 1.00 bits per heavy atom. The van der Waals surface area contributed by atoms with Gasteiger partial charge in [0.05, 0.1) is 25.2 Å². The van der Waals surface area contributed by atoms with Gasteiger partial charge in [0.25, 0.3) is 0 Å². The standard InChI is InChI=1S/C25H25NO4/c1-17-10-12-18(13-11-17)23(29-15-14-27)16-26-25(28)24-19-6-2-4-8-21(19)30-22-9-5-3-7-20(22)24/h2-13,23-24,27H,14-16H2,1H3,(H,26,28). The van der Waals surface area contributed by atoms with Gasteiger partial charge in [0.15, 0.2) is 0 Å². The summed E-state index contributed by atoms with van der Waals surface area (Å²) in [7, 11) is 0. The summed E-state index contributed by atoms with van der Waals surface area (Å²) in [5, 5.41) is 12.2. The maximum atomic E-state index is 13.3. The molecule has 5 nitrogen and oxygen atoms in total. The quantitative estimate of drug-likeness (QED) is 0.623. The molecule has 0 spiro atoms. The number of fused-ring (bicyclic) bond motifs is 2. The molecule has 0 aliphatic carbocycles. The third kappa shape index (κ3) is 4.22. The van der Waals surface area contributed by atoms with E-state index < -0.39 is 5.92 Å². The lowest BCUT2D eigenvalue weighted by Gasteiger charge is -2.28. The largest absolute Gasteiger partial charge is 0.457 e. The van der Waals surface area contributed by atoms with Gasteiger partial charge in [0.1, 0.15) is 11.5 Å². The van der Waals surface area contributed by atoms with Gasteiger partial charge in [0.2, 0.25) is 5.91 Å². The van der Waals surface area contributed by atoms with Gasteiger partial charge in [-0.1, -0.05) is 66.2 Å². The molecular weight excluding hydrogens is 378 g/mol. The number of ether oxygens (including phenoxy) is 2. The van der Waals surface area contributed by atoms with Crippen molar-refractivity contribution in [3.8, 4) is 11.5 Å². The van der Waals surface area contributed by atoms with E-state index >= 15 is 0 Å². The number of aliphatic hydroxyl groups excluding tert-OH is 1. The number of hydrogen-bond donors (Lipinski definition) is 2. The summed E-state index contributed by atoms with van der Waals surface area (Å²) in [5.74, 6) is 0.830. The second-order valence-electron chi connectivity index (χ2n) is 7.35.